The lowest BCUT2D eigenvalue weighted by Crippen LogP contribution is -2.45. The molecule has 1 unspecified atom stereocenters. The molecule has 1 aliphatic rings. The van der Waals surface area contributed by atoms with Crippen molar-refractivity contribution < 1.29 is 24.2 Å². The van der Waals surface area contributed by atoms with Gasteiger partial charge in [0.1, 0.15) is 11.6 Å². The molecule has 0 aromatic heterocycles. The first-order valence-electron chi connectivity index (χ1n) is 7.23. The van der Waals surface area contributed by atoms with Crippen molar-refractivity contribution in [3.8, 4) is 0 Å². The third-order valence-electron chi connectivity index (χ3n) is 3.23. The van der Waals surface area contributed by atoms with Crippen LogP contribution in [0.15, 0.2) is 0 Å². The fourth-order valence-electron chi connectivity index (χ4n) is 2.18. The second-order valence-corrected chi connectivity index (χ2v) is 6.78. The number of likely N-dealkylation sites (tertiary alicyclic amines) is 1. The highest BCUT2D eigenvalue weighted by molar-refractivity contribution is 7.80. The number of carboxylic acid groups (broad SMARTS) is 1. The topological polar surface area (TPSA) is 95.9 Å². The van der Waals surface area contributed by atoms with Gasteiger partial charge < -0.3 is 20.1 Å². The molecule has 1 heterocycles. The van der Waals surface area contributed by atoms with E-state index in [1.165, 1.54) is 0 Å². The van der Waals surface area contributed by atoms with Crippen molar-refractivity contribution in [2.24, 2.45) is 5.92 Å². The van der Waals surface area contributed by atoms with Crippen LogP contribution in [0.4, 0.5) is 4.79 Å². The summed E-state index contributed by atoms with van der Waals surface area (Å²) in [6.45, 7) is 5.96. The lowest BCUT2D eigenvalue weighted by molar-refractivity contribution is -0.140. The van der Waals surface area contributed by atoms with Gasteiger partial charge in [-0.1, -0.05) is 0 Å². The number of carboxylic acids is 1. The summed E-state index contributed by atoms with van der Waals surface area (Å²) in [7, 11) is 0. The van der Waals surface area contributed by atoms with E-state index in [1.807, 2.05) is 0 Å². The van der Waals surface area contributed by atoms with Gasteiger partial charge in [0.25, 0.3) is 0 Å². The number of hydrogen-bond acceptors (Lipinski definition) is 5. The van der Waals surface area contributed by atoms with Crippen molar-refractivity contribution in [3.63, 3.8) is 0 Å². The molecule has 1 aliphatic heterocycles. The van der Waals surface area contributed by atoms with Crippen LogP contribution >= 0.6 is 12.6 Å². The number of hydrogen-bond donors (Lipinski definition) is 3. The molecular weight excluding hydrogens is 308 g/mol. The number of aliphatic carboxylic acids is 1. The van der Waals surface area contributed by atoms with Crippen LogP contribution in [0.25, 0.3) is 0 Å². The molecule has 0 saturated carbocycles. The van der Waals surface area contributed by atoms with Gasteiger partial charge in [-0.2, -0.15) is 12.6 Å². The normalized spacial score (nSPS) is 19.9. The number of nitrogens with one attached hydrogen (secondary N) is 1. The molecule has 1 fully saturated rings. The van der Waals surface area contributed by atoms with Crippen molar-refractivity contribution in [3.05, 3.63) is 0 Å². The van der Waals surface area contributed by atoms with Crippen LogP contribution in [0, 0.1) is 5.92 Å². The summed E-state index contributed by atoms with van der Waals surface area (Å²) in [5, 5.41) is 11.5. The predicted octanol–water partition coefficient (Wildman–Crippen LogP) is 1.13. The van der Waals surface area contributed by atoms with Gasteiger partial charge in [0, 0.05) is 19.5 Å². The molecule has 2 N–H and O–H groups in total. The van der Waals surface area contributed by atoms with Crippen molar-refractivity contribution in [1.82, 2.24) is 10.2 Å². The Morgan fingerprint density at radius 2 is 2.14 bits per heavy atom. The molecule has 22 heavy (non-hydrogen) atoms. The smallest absolute Gasteiger partial charge is 0.408 e. The number of carbonyl (C=O) groups is 3. The lowest BCUT2D eigenvalue weighted by Gasteiger charge is -2.23. The van der Waals surface area contributed by atoms with Crippen LogP contribution in [-0.2, 0) is 14.3 Å². The second kappa shape index (κ2) is 7.71. The lowest BCUT2D eigenvalue weighted by atomic mass is 10.1. The first-order valence-corrected chi connectivity index (χ1v) is 7.86. The van der Waals surface area contributed by atoms with Crippen LogP contribution in [-0.4, -0.2) is 58.5 Å². The average molecular weight is 332 g/mol. The van der Waals surface area contributed by atoms with Gasteiger partial charge in [0.05, 0.1) is 0 Å². The number of amides is 2. The van der Waals surface area contributed by atoms with E-state index in [0.717, 1.165) is 0 Å². The molecule has 0 aromatic carbocycles. The Morgan fingerprint density at radius 1 is 1.50 bits per heavy atom. The fraction of sp³-hybridized carbons (Fsp3) is 0.786. The first kappa shape index (κ1) is 18.6. The van der Waals surface area contributed by atoms with E-state index in [-0.39, 0.29) is 24.8 Å². The maximum absolute atomic E-state index is 11.8. The van der Waals surface area contributed by atoms with Crippen LogP contribution in [0.2, 0.25) is 0 Å². The van der Waals surface area contributed by atoms with E-state index >= 15 is 0 Å². The number of alkyl carbamates (subject to hydrolysis) is 1. The number of carbonyl (C=O) groups excluding carboxylic acids is 2. The maximum atomic E-state index is 11.8. The molecular formula is C14H24N2O5S. The molecule has 0 aliphatic carbocycles. The van der Waals surface area contributed by atoms with E-state index in [2.05, 4.69) is 17.9 Å². The van der Waals surface area contributed by atoms with Gasteiger partial charge in [0.2, 0.25) is 5.91 Å². The summed E-state index contributed by atoms with van der Waals surface area (Å²) in [5.41, 5.74) is -0.697. The maximum Gasteiger partial charge on any atom is 0.408 e. The Bertz CT molecular complexity index is 435. The summed E-state index contributed by atoms with van der Waals surface area (Å²) in [6.07, 6.45) is -0.193. The molecule has 126 valence electrons. The summed E-state index contributed by atoms with van der Waals surface area (Å²) in [6, 6.07) is -1.09. The standard InChI is InChI=1S/C14H24N2O5S/c1-14(2,3)21-13(20)15-10(12(18)19)4-5-16-7-9(8-22)6-11(16)17/h9-10,22H,4-8H2,1-3H3,(H,15,20)(H,18,19)/t9?,10-/m0/s1. The Balaban J connectivity index is 2.50. The highest BCUT2D eigenvalue weighted by Crippen LogP contribution is 2.19. The van der Waals surface area contributed by atoms with Crippen molar-refractivity contribution in [2.45, 2.75) is 45.3 Å². The van der Waals surface area contributed by atoms with E-state index < -0.39 is 23.7 Å². The molecule has 0 aromatic rings. The Hall–Kier alpha value is -1.44. The summed E-state index contributed by atoms with van der Waals surface area (Å²) in [5.74, 6) is -0.317. The number of nitrogens with zero attached hydrogens (tertiary/aromatic N) is 1. The quantitative estimate of drug-likeness (QED) is 0.634. The Kier molecular flexibility index (Phi) is 6.52. The van der Waals surface area contributed by atoms with Gasteiger partial charge in [-0.15, -0.1) is 0 Å². The van der Waals surface area contributed by atoms with E-state index in [1.54, 1.807) is 25.7 Å². The number of thiol groups is 1. The van der Waals surface area contributed by atoms with Gasteiger partial charge >= 0.3 is 12.1 Å². The van der Waals surface area contributed by atoms with Gasteiger partial charge in [-0.25, -0.2) is 9.59 Å². The van der Waals surface area contributed by atoms with E-state index in [9.17, 15) is 19.5 Å². The fourth-order valence-corrected chi connectivity index (χ4v) is 2.43. The van der Waals surface area contributed by atoms with Crippen molar-refractivity contribution in [2.75, 3.05) is 18.8 Å². The predicted molar refractivity (Wildman–Crippen MR) is 84.0 cm³/mol. The largest absolute Gasteiger partial charge is 0.480 e. The molecule has 0 spiro atoms. The monoisotopic (exact) mass is 332 g/mol. The molecule has 7 nitrogen and oxygen atoms in total. The van der Waals surface area contributed by atoms with Gasteiger partial charge in [0.15, 0.2) is 0 Å². The van der Waals surface area contributed by atoms with E-state index in [0.29, 0.717) is 18.7 Å². The molecule has 2 atom stereocenters. The van der Waals surface area contributed by atoms with E-state index in [4.69, 9.17) is 4.74 Å². The van der Waals surface area contributed by atoms with Gasteiger partial charge in [-0.05, 0) is 38.9 Å². The SMILES string of the molecule is CC(C)(C)OC(=O)N[C@@H](CCN1CC(CS)CC1=O)C(=O)O. The summed E-state index contributed by atoms with van der Waals surface area (Å²) < 4.78 is 5.04. The Morgan fingerprint density at radius 3 is 2.59 bits per heavy atom. The minimum Gasteiger partial charge on any atom is -0.480 e. The van der Waals surface area contributed by atoms with Crippen molar-refractivity contribution in [1.29, 1.82) is 0 Å². The molecule has 0 radical (unpaired) electrons. The molecule has 0 bridgehead atoms. The van der Waals surface area contributed by atoms with Crippen LogP contribution in [0.5, 0.6) is 0 Å². The third-order valence-corrected chi connectivity index (χ3v) is 3.75. The zero-order chi connectivity index (χ0) is 16.9. The number of rotatable bonds is 6. The van der Waals surface area contributed by atoms with Crippen molar-refractivity contribution >= 4 is 30.6 Å². The minimum atomic E-state index is -1.15. The van der Waals surface area contributed by atoms with Gasteiger partial charge in [-0.3, -0.25) is 4.79 Å². The number of ether oxygens (including phenoxy) is 1. The van der Waals surface area contributed by atoms with Crippen LogP contribution < -0.4 is 5.32 Å². The highest BCUT2D eigenvalue weighted by atomic mass is 32.1. The van der Waals surface area contributed by atoms with Crippen LogP contribution in [0.1, 0.15) is 33.6 Å². The minimum absolute atomic E-state index is 0.000423. The zero-order valence-corrected chi connectivity index (χ0v) is 14.1. The molecule has 2 amide bonds. The second-order valence-electron chi connectivity index (χ2n) is 6.42. The first-order chi connectivity index (χ1) is 10.1. The third kappa shape index (κ3) is 6.13. The summed E-state index contributed by atoms with van der Waals surface area (Å²) in [4.78, 5) is 36.3. The zero-order valence-electron chi connectivity index (χ0n) is 13.2. The highest BCUT2D eigenvalue weighted by Gasteiger charge is 2.30. The molecule has 1 saturated heterocycles. The Labute approximate surface area is 135 Å². The molecule has 1 rings (SSSR count). The average Bonchev–Trinajstić information content (AvgIpc) is 2.72. The molecule has 8 heteroatoms. The van der Waals surface area contributed by atoms with Crippen LogP contribution in [0.3, 0.4) is 0 Å². The summed E-state index contributed by atoms with van der Waals surface area (Å²) >= 11 is 4.18.